The number of esters is 1. The second-order valence-electron chi connectivity index (χ2n) is 6.11. The first-order valence-electron chi connectivity index (χ1n) is 8.31. The van der Waals surface area contributed by atoms with Crippen LogP contribution in [-0.2, 0) is 9.53 Å². The van der Waals surface area contributed by atoms with Crippen molar-refractivity contribution in [2.75, 3.05) is 23.4 Å². The summed E-state index contributed by atoms with van der Waals surface area (Å²) in [7, 11) is 0. The van der Waals surface area contributed by atoms with Crippen molar-refractivity contribution >= 4 is 23.3 Å². The third-order valence-electron chi connectivity index (χ3n) is 4.18. The Labute approximate surface area is 149 Å². The molecule has 1 aliphatic rings. The Balaban J connectivity index is 2.36. The van der Waals surface area contributed by atoms with Crippen molar-refractivity contribution in [2.24, 2.45) is 0 Å². The maximum absolute atomic E-state index is 12.5. The van der Waals surface area contributed by atoms with Crippen LogP contribution in [0.2, 0.25) is 0 Å². The summed E-state index contributed by atoms with van der Waals surface area (Å²) < 4.78 is 42.4. The van der Waals surface area contributed by atoms with Gasteiger partial charge in [-0.1, -0.05) is 12.7 Å². The van der Waals surface area contributed by atoms with E-state index in [0.717, 1.165) is 25.8 Å². The van der Waals surface area contributed by atoms with E-state index in [2.05, 4.69) is 6.58 Å². The summed E-state index contributed by atoms with van der Waals surface area (Å²) in [5.41, 5.74) is 0.572. The Kier molecular flexibility index (Phi) is 6.28. The standard InChI is InChI=1S/C18H21F3N2O3/c1-3-10-26-16(24)14-11-13(22-17(25)18(19,20)21)7-8-15(14)23-9-5-4-6-12(23)2/h3,7-8,11-12H,1,4-6,9-10H2,2H3,(H,22,25)/t12-/m1/s1. The molecule has 1 atom stereocenters. The fraction of sp³-hybridized carbons (Fsp3) is 0.444. The number of anilines is 2. The van der Waals surface area contributed by atoms with Gasteiger partial charge in [0.15, 0.2) is 0 Å². The Hall–Kier alpha value is -2.51. The average molecular weight is 370 g/mol. The van der Waals surface area contributed by atoms with Gasteiger partial charge in [-0.2, -0.15) is 13.2 Å². The number of ether oxygens (including phenoxy) is 1. The smallest absolute Gasteiger partial charge is 0.458 e. The van der Waals surface area contributed by atoms with E-state index in [0.29, 0.717) is 5.69 Å². The van der Waals surface area contributed by atoms with Crippen molar-refractivity contribution in [3.8, 4) is 0 Å². The monoisotopic (exact) mass is 370 g/mol. The first-order chi connectivity index (χ1) is 12.2. The van der Waals surface area contributed by atoms with Crippen molar-refractivity contribution < 1.29 is 27.5 Å². The fourth-order valence-corrected chi connectivity index (χ4v) is 2.90. The van der Waals surface area contributed by atoms with E-state index in [-0.39, 0.29) is 23.9 Å². The van der Waals surface area contributed by atoms with Gasteiger partial charge in [0, 0.05) is 18.3 Å². The Bertz CT molecular complexity index is 689. The second-order valence-corrected chi connectivity index (χ2v) is 6.11. The van der Waals surface area contributed by atoms with Gasteiger partial charge in [-0.3, -0.25) is 4.79 Å². The number of carbonyl (C=O) groups excluding carboxylic acids is 2. The zero-order valence-corrected chi connectivity index (χ0v) is 14.4. The molecular formula is C18H21F3N2O3. The molecule has 1 aromatic carbocycles. The molecule has 1 saturated heterocycles. The molecular weight excluding hydrogens is 349 g/mol. The number of nitrogens with zero attached hydrogens (tertiary/aromatic N) is 1. The van der Waals surface area contributed by atoms with Gasteiger partial charge in [0.05, 0.1) is 11.3 Å². The highest BCUT2D eigenvalue weighted by atomic mass is 19.4. The number of benzene rings is 1. The maximum Gasteiger partial charge on any atom is 0.471 e. The van der Waals surface area contributed by atoms with E-state index in [9.17, 15) is 22.8 Å². The van der Waals surface area contributed by atoms with E-state index in [1.54, 1.807) is 5.32 Å². The van der Waals surface area contributed by atoms with Crippen LogP contribution in [0.1, 0.15) is 36.5 Å². The van der Waals surface area contributed by atoms with Gasteiger partial charge in [0.25, 0.3) is 0 Å². The van der Waals surface area contributed by atoms with Gasteiger partial charge in [0.2, 0.25) is 0 Å². The van der Waals surface area contributed by atoms with Crippen LogP contribution in [-0.4, -0.2) is 37.2 Å². The minimum Gasteiger partial charge on any atom is -0.458 e. The van der Waals surface area contributed by atoms with Crippen molar-refractivity contribution in [2.45, 2.75) is 38.4 Å². The number of piperidine rings is 1. The van der Waals surface area contributed by atoms with Crippen LogP contribution in [0.25, 0.3) is 0 Å². The normalized spacial score (nSPS) is 17.5. The SMILES string of the molecule is C=CCOC(=O)c1cc(NC(=O)C(F)(F)F)ccc1N1CCCC[C@H]1C. The van der Waals surface area contributed by atoms with Crippen molar-refractivity contribution in [1.82, 2.24) is 0 Å². The molecule has 0 unspecified atom stereocenters. The number of hydrogen-bond donors (Lipinski definition) is 1. The van der Waals surface area contributed by atoms with Crippen molar-refractivity contribution in [1.29, 1.82) is 0 Å². The molecule has 1 N–H and O–H groups in total. The van der Waals surface area contributed by atoms with Crippen LogP contribution >= 0.6 is 0 Å². The molecule has 0 radical (unpaired) electrons. The van der Waals surface area contributed by atoms with E-state index < -0.39 is 18.1 Å². The molecule has 1 aliphatic heterocycles. The zero-order valence-electron chi connectivity index (χ0n) is 14.4. The predicted octanol–water partition coefficient (Wildman–Crippen LogP) is 3.91. The molecule has 0 spiro atoms. The van der Waals surface area contributed by atoms with Gasteiger partial charge in [-0.05, 0) is 44.4 Å². The van der Waals surface area contributed by atoms with Crippen LogP contribution in [0.15, 0.2) is 30.9 Å². The van der Waals surface area contributed by atoms with Gasteiger partial charge in [0.1, 0.15) is 6.61 Å². The predicted molar refractivity (Wildman–Crippen MR) is 92.3 cm³/mol. The Morgan fingerprint density at radius 3 is 2.73 bits per heavy atom. The molecule has 0 saturated carbocycles. The first kappa shape index (κ1) is 19.8. The lowest BCUT2D eigenvalue weighted by atomic mass is 10.0. The van der Waals surface area contributed by atoms with Gasteiger partial charge >= 0.3 is 18.1 Å². The quantitative estimate of drug-likeness (QED) is 0.631. The summed E-state index contributed by atoms with van der Waals surface area (Å²) in [6, 6.07) is 4.29. The van der Waals surface area contributed by atoms with Crippen LogP contribution in [0.4, 0.5) is 24.5 Å². The van der Waals surface area contributed by atoms with Crippen LogP contribution in [0, 0.1) is 0 Å². The molecule has 0 aromatic heterocycles. The maximum atomic E-state index is 12.5. The molecule has 2 rings (SSSR count). The minimum atomic E-state index is -5.01. The lowest BCUT2D eigenvalue weighted by molar-refractivity contribution is -0.167. The summed E-state index contributed by atoms with van der Waals surface area (Å²) in [5, 5.41) is 1.76. The first-order valence-corrected chi connectivity index (χ1v) is 8.31. The highest BCUT2D eigenvalue weighted by Gasteiger charge is 2.38. The fourth-order valence-electron chi connectivity index (χ4n) is 2.90. The number of amides is 1. The third kappa shape index (κ3) is 4.77. The average Bonchev–Trinajstić information content (AvgIpc) is 2.59. The lowest BCUT2D eigenvalue weighted by Gasteiger charge is -2.36. The summed E-state index contributed by atoms with van der Waals surface area (Å²) >= 11 is 0. The zero-order chi connectivity index (χ0) is 19.3. The summed E-state index contributed by atoms with van der Waals surface area (Å²) in [5.74, 6) is -2.78. The largest absolute Gasteiger partial charge is 0.471 e. The molecule has 1 heterocycles. The van der Waals surface area contributed by atoms with E-state index >= 15 is 0 Å². The number of carbonyl (C=O) groups is 2. The number of nitrogens with one attached hydrogen (secondary N) is 1. The molecule has 0 aliphatic carbocycles. The van der Waals surface area contributed by atoms with Gasteiger partial charge < -0.3 is 15.0 Å². The Morgan fingerprint density at radius 1 is 1.38 bits per heavy atom. The van der Waals surface area contributed by atoms with Gasteiger partial charge in [-0.15, -0.1) is 0 Å². The second kappa shape index (κ2) is 8.25. The van der Waals surface area contributed by atoms with Crippen molar-refractivity contribution in [3.05, 3.63) is 36.4 Å². The summed E-state index contributed by atoms with van der Waals surface area (Å²) in [6.45, 7) is 6.20. The van der Waals surface area contributed by atoms with E-state index in [1.807, 2.05) is 11.8 Å². The molecule has 142 valence electrons. The molecule has 5 nitrogen and oxygen atoms in total. The van der Waals surface area contributed by atoms with Crippen LogP contribution < -0.4 is 10.2 Å². The molecule has 26 heavy (non-hydrogen) atoms. The molecule has 1 fully saturated rings. The Morgan fingerprint density at radius 2 is 2.12 bits per heavy atom. The number of rotatable bonds is 5. The van der Waals surface area contributed by atoms with Crippen LogP contribution in [0.5, 0.6) is 0 Å². The van der Waals surface area contributed by atoms with Gasteiger partial charge in [-0.25, -0.2) is 4.79 Å². The number of hydrogen-bond acceptors (Lipinski definition) is 4. The highest BCUT2D eigenvalue weighted by Crippen LogP contribution is 2.31. The van der Waals surface area contributed by atoms with E-state index in [4.69, 9.17) is 4.74 Å². The third-order valence-corrected chi connectivity index (χ3v) is 4.18. The minimum absolute atomic E-state index is 0.0209. The number of alkyl halides is 3. The summed E-state index contributed by atoms with van der Waals surface area (Å²) in [6.07, 6.45) is -0.626. The van der Waals surface area contributed by atoms with Crippen molar-refractivity contribution in [3.63, 3.8) is 0 Å². The molecule has 1 aromatic rings. The molecule has 1 amide bonds. The topological polar surface area (TPSA) is 58.6 Å². The molecule has 8 heteroatoms. The number of halogens is 3. The summed E-state index contributed by atoms with van der Waals surface area (Å²) in [4.78, 5) is 25.6. The molecule has 0 bridgehead atoms. The van der Waals surface area contributed by atoms with E-state index in [1.165, 1.54) is 24.3 Å². The highest BCUT2D eigenvalue weighted by molar-refractivity contribution is 6.00. The lowest BCUT2D eigenvalue weighted by Crippen LogP contribution is -2.38. The van der Waals surface area contributed by atoms with Crippen LogP contribution in [0.3, 0.4) is 0 Å².